The van der Waals surface area contributed by atoms with Crippen LogP contribution < -0.4 is 4.18 Å². The second kappa shape index (κ2) is 5.28. The van der Waals surface area contributed by atoms with Crippen LogP contribution in [0.25, 0.3) is 0 Å². The van der Waals surface area contributed by atoms with Gasteiger partial charge in [-0.15, -0.1) is 0 Å². The minimum atomic E-state index is -4.02. The number of nitro groups is 2. The van der Waals surface area contributed by atoms with Crippen molar-refractivity contribution in [2.75, 3.05) is 6.26 Å². The summed E-state index contributed by atoms with van der Waals surface area (Å²) >= 11 is 0. The van der Waals surface area contributed by atoms with Crippen LogP contribution in [0.1, 0.15) is 26.3 Å². The molecule has 0 aliphatic rings. The van der Waals surface area contributed by atoms with Crippen LogP contribution in [0.15, 0.2) is 12.1 Å². The number of hydrogen-bond donors (Lipinski definition) is 0. The average Bonchev–Trinajstić information content (AvgIpc) is 2.24. The Morgan fingerprint density at radius 1 is 1.10 bits per heavy atom. The van der Waals surface area contributed by atoms with Crippen molar-refractivity contribution in [3.8, 4) is 5.75 Å². The summed E-state index contributed by atoms with van der Waals surface area (Å²) in [5.41, 5.74) is -2.00. The topological polar surface area (TPSA) is 130 Å². The number of non-ortho nitro benzene ring substituents is 1. The predicted octanol–water partition coefficient (Wildman–Crippen LogP) is 2.14. The zero-order chi connectivity index (χ0) is 16.6. The molecule has 1 aromatic carbocycles. The van der Waals surface area contributed by atoms with Crippen LogP contribution in [0, 0.1) is 20.2 Å². The number of hydrogen-bond acceptors (Lipinski definition) is 7. The summed E-state index contributed by atoms with van der Waals surface area (Å²) in [7, 11) is -4.02. The van der Waals surface area contributed by atoms with Gasteiger partial charge in [-0.2, -0.15) is 8.42 Å². The van der Waals surface area contributed by atoms with Gasteiger partial charge < -0.3 is 4.18 Å². The van der Waals surface area contributed by atoms with Gasteiger partial charge in [-0.25, -0.2) is 0 Å². The van der Waals surface area contributed by atoms with Crippen molar-refractivity contribution >= 4 is 21.5 Å². The number of nitrogens with zero attached hydrogens (tertiary/aromatic N) is 2. The van der Waals surface area contributed by atoms with Gasteiger partial charge in [0, 0.05) is 11.6 Å². The third-order valence-electron chi connectivity index (χ3n) is 2.50. The lowest BCUT2D eigenvalue weighted by molar-refractivity contribution is -0.394. The Hall–Kier alpha value is -2.23. The molecule has 0 radical (unpaired) electrons. The summed E-state index contributed by atoms with van der Waals surface area (Å²) < 4.78 is 27.3. The van der Waals surface area contributed by atoms with Gasteiger partial charge in [-0.1, -0.05) is 20.8 Å². The summed E-state index contributed by atoms with van der Waals surface area (Å²) in [6.07, 6.45) is 0.741. The molecule has 0 saturated heterocycles. The van der Waals surface area contributed by atoms with E-state index in [1.165, 1.54) is 0 Å². The number of nitro benzene ring substituents is 2. The Morgan fingerprint density at radius 3 is 1.95 bits per heavy atom. The monoisotopic (exact) mass is 318 g/mol. The first-order valence-electron chi connectivity index (χ1n) is 5.69. The van der Waals surface area contributed by atoms with Crippen LogP contribution >= 0.6 is 0 Å². The smallest absolute Gasteiger partial charge is 0.319 e. The molecule has 116 valence electrons. The van der Waals surface area contributed by atoms with Crippen molar-refractivity contribution < 1.29 is 22.4 Å². The molecule has 0 bridgehead atoms. The molecule has 0 saturated carbocycles. The maximum atomic E-state index is 11.3. The Labute approximate surface area is 121 Å². The molecule has 0 heterocycles. The largest absolute Gasteiger partial charge is 0.375 e. The van der Waals surface area contributed by atoms with E-state index in [9.17, 15) is 28.6 Å². The molecule has 0 atom stereocenters. The van der Waals surface area contributed by atoms with Gasteiger partial charge in [0.25, 0.3) is 5.69 Å². The fourth-order valence-corrected chi connectivity index (χ4v) is 2.11. The van der Waals surface area contributed by atoms with Crippen LogP contribution in [0.5, 0.6) is 5.75 Å². The van der Waals surface area contributed by atoms with Crippen LogP contribution in [-0.2, 0) is 15.5 Å². The zero-order valence-electron chi connectivity index (χ0n) is 11.8. The highest BCUT2D eigenvalue weighted by atomic mass is 32.2. The molecule has 0 amide bonds. The van der Waals surface area contributed by atoms with Crippen LogP contribution in [0.4, 0.5) is 11.4 Å². The summed E-state index contributed by atoms with van der Waals surface area (Å²) in [5, 5.41) is 21.9. The minimum Gasteiger partial charge on any atom is -0.375 e. The second-order valence-corrected chi connectivity index (χ2v) is 6.97. The maximum absolute atomic E-state index is 11.3. The first kappa shape index (κ1) is 16.8. The summed E-state index contributed by atoms with van der Waals surface area (Å²) in [6, 6.07) is 1.75. The van der Waals surface area contributed by atoms with E-state index in [2.05, 4.69) is 0 Å². The van der Waals surface area contributed by atoms with Crippen molar-refractivity contribution in [1.82, 2.24) is 0 Å². The van der Waals surface area contributed by atoms with Gasteiger partial charge >= 0.3 is 15.8 Å². The molecule has 10 heteroatoms. The van der Waals surface area contributed by atoms with Crippen molar-refractivity contribution in [2.45, 2.75) is 26.2 Å². The SMILES string of the molecule is CC(C)(C)c1cc([N+](=O)[O-])cc([N+](=O)[O-])c1OS(C)(=O)=O. The van der Waals surface area contributed by atoms with E-state index in [4.69, 9.17) is 4.18 Å². The van der Waals surface area contributed by atoms with Gasteiger partial charge in [-0.3, -0.25) is 20.2 Å². The van der Waals surface area contributed by atoms with Gasteiger partial charge in [0.2, 0.25) is 5.75 Å². The highest BCUT2D eigenvalue weighted by molar-refractivity contribution is 7.86. The predicted molar refractivity (Wildman–Crippen MR) is 73.9 cm³/mol. The lowest BCUT2D eigenvalue weighted by Crippen LogP contribution is -2.17. The number of benzene rings is 1. The van der Waals surface area contributed by atoms with Crippen molar-refractivity contribution in [3.63, 3.8) is 0 Å². The van der Waals surface area contributed by atoms with E-state index in [-0.39, 0.29) is 5.56 Å². The fraction of sp³-hybridized carbons (Fsp3) is 0.455. The summed E-state index contributed by atoms with van der Waals surface area (Å²) in [5.74, 6) is -0.499. The van der Waals surface area contributed by atoms with Crippen LogP contribution in [0.3, 0.4) is 0 Å². The highest BCUT2D eigenvalue weighted by Crippen LogP contribution is 2.42. The molecular formula is C11H14N2O7S. The highest BCUT2D eigenvalue weighted by Gasteiger charge is 2.32. The van der Waals surface area contributed by atoms with E-state index < -0.39 is 42.5 Å². The average molecular weight is 318 g/mol. The lowest BCUT2D eigenvalue weighted by Gasteiger charge is -2.21. The third kappa shape index (κ3) is 4.12. The standard InChI is InChI=1S/C11H14N2O7S/c1-11(2,3)8-5-7(12(14)15)6-9(13(16)17)10(8)20-21(4,18)19/h5-6H,1-4H3. The Balaban J connectivity index is 3.79. The lowest BCUT2D eigenvalue weighted by atomic mass is 9.85. The van der Waals surface area contributed by atoms with Crippen molar-refractivity contribution in [2.24, 2.45) is 0 Å². The zero-order valence-corrected chi connectivity index (χ0v) is 12.6. The third-order valence-corrected chi connectivity index (χ3v) is 2.97. The molecule has 0 aromatic heterocycles. The number of rotatable bonds is 4. The van der Waals surface area contributed by atoms with Gasteiger partial charge in [0.15, 0.2) is 0 Å². The fourth-order valence-electron chi connectivity index (χ4n) is 1.64. The van der Waals surface area contributed by atoms with E-state index >= 15 is 0 Å². The van der Waals surface area contributed by atoms with Crippen LogP contribution in [0.2, 0.25) is 0 Å². The van der Waals surface area contributed by atoms with Gasteiger partial charge in [0.05, 0.1) is 22.2 Å². The molecule has 0 aliphatic heterocycles. The van der Waals surface area contributed by atoms with Gasteiger partial charge in [0.1, 0.15) is 0 Å². The maximum Gasteiger partial charge on any atom is 0.319 e. The molecule has 0 aliphatic carbocycles. The molecule has 0 spiro atoms. The van der Waals surface area contributed by atoms with E-state index in [0.717, 1.165) is 12.3 Å². The Morgan fingerprint density at radius 2 is 1.62 bits per heavy atom. The van der Waals surface area contributed by atoms with Gasteiger partial charge in [-0.05, 0) is 5.41 Å². The van der Waals surface area contributed by atoms with E-state index in [0.29, 0.717) is 6.07 Å². The molecule has 1 rings (SSSR count). The van der Waals surface area contributed by atoms with Crippen molar-refractivity contribution in [3.05, 3.63) is 37.9 Å². The quantitative estimate of drug-likeness (QED) is 0.472. The second-order valence-electron chi connectivity index (χ2n) is 5.39. The van der Waals surface area contributed by atoms with E-state index in [1.807, 2.05) is 0 Å². The molecule has 0 fully saturated rings. The molecular weight excluding hydrogens is 304 g/mol. The Kier molecular flexibility index (Phi) is 4.23. The van der Waals surface area contributed by atoms with Crippen LogP contribution in [-0.4, -0.2) is 24.5 Å². The first-order chi connectivity index (χ1) is 9.33. The first-order valence-corrected chi connectivity index (χ1v) is 7.51. The normalized spacial score (nSPS) is 12.0. The van der Waals surface area contributed by atoms with E-state index in [1.54, 1.807) is 20.8 Å². The minimum absolute atomic E-state index is 0.0637. The molecule has 0 N–H and O–H groups in total. The molecule has 9 nitrogen and oxygen atoms in total. The molecule has 0 unspecified atom stereocenters. The summed E-state index contributed by atoms with van der Waals surface area (Å²) in [4.78, 5) is 20.2. The Bertz CT molecular complexity index is 704. The molecule has 21 heavy (non-hydrogen) atoms. The molecule has 1 aromatic rings. The summed E-state index contributed by atoms with van der Waals surface area (Å²) in [6.45, 7) is 4.89. The van der Waals surface area contributed by atoms with Crippen molar-refractivity contribution in [1.29, 1.82) is 0 Å².